The largest absolute Gasteiger partial charge is 0.508 e. The fraction of sp³-hybridized carbons (Fsp3) is 0.333. The summed E-state index contributed by atoms with van der Waals surface area (Å²) in [4.78, 5) is 54.5. The van der Waals surface area contributed by atoms with Crippen molar-refractivity contribution in [3.8, 4) is 5.75 Å². The van der Waals surface area contributed by atoms with Crippen molar-refractivity contribution in [2.45, 2.75) is 25.7 Å². The number of anilines is 1. The summed E-state index contributed by atoms with van der Waals surface area (Å²) in [5, 5.41) is 20.2. The smallest absolute Gasteiger partial charge is 0.257 e. The van der Waals surface area contributed by atoms with Crippen LogP contribution in [0.4, 0.5) is 5.69 Å². The lowest BCUT2D eigenvalue weighted by Crippen LogP contribution is -2.48. The average molecular weight is 472 g/mol. The molecule has 2 aromatic rings. The second-order valence-corrected chi connectivity index (χ2v) is 10.1. The van der Waals surface area contributed by atoms with E-state index in [0.717, 1.165) is 11.1 Å². The van der Waals surface area contributed by atoms with Crippen LogP contribution in [0.5, 0.6) is 5.75 Å². The molecule has 2 heterocycles. The van der Waals surface area contributed by atoms with Crippen molar-refractivity contribution < 1.29 is 29.5 Å². The van der Waals surface area contributed by atoms with Gasteiger partial charge in [-0.15, -0.1) is 0 Å². The Balaban J connectivity index is 1.53. The SMILES string of the molecule is CC12C(=O)N(c3ccccc3)C(=O)C1CC1C(=CCC3C(=O)N(O)C(=O)C31)C2c1ccc(O)cc1. The maximum absolute atomic E-state index is 14.1. The molecular formula is C27H24N2O6. The molecule has 6 atom stereocenters. The van der Waals surface area contributed by atoms with E-state index in [-0.39, 0.29) is 35.5 Å². The van der Waals surface area contributed by atoms with Crippen LogP contribution < -0.4 is 4.90 Å². The van der Waals surface area contributed by atoms with Crippen molar-refractivity contribution in [1.82, 2.24) is 5.06 Å². The number of carbonyl (C=O) groups is 4. The number of benzene rings is 2. The number of phenolic OH excluding ortho intramolecular Hbond substituents is 1. The molecule has 0 bridgehead atoms. The molecule has 178 valence electrons. The van der Waals surface area contributed by atoms with Crippen molar-refractivity contribution >= 4 is 29.3 Å². The average Bonchev–Trinajstić information content (AvgIpc) is 3.20. The summed E-state index contributed by atoms with van der Waals surface area (Å²) in [7, 11) is 0. The highest BCUT2D eigenvalue weighted by molar-refractivity contribution is 6.24. The first-order valence-corrected chi connectivity index (χ1v) is 11.7. The molecule has 4 amide bonds. The van der Waals surface area contributed by atoms with Gasteiger partial charge in [0.25, 0.3) is 11.8 Å². The minimum atomic E-state index is -1.12. The van der Waals surface area contributed by atoms with Gasteiger partial charge in [0.1, 0.15) is 5.75 Å². The Bertz CT molecular complexity index is 1300. The topological polar surface area (TPSA) is 115 Å². The van der Waals surface area contributed by atoms with Crippen LogP contribution >= 0.6 is 0 Å². The molecule has 6 unspecified atom stereocenters. The van der Waals surface area contributed by atoms with Gasteiger partial charge in [-0.05, 0) is 55.5 Å². The number of carbonyl (C=O) groups excluding carboxylic acids is 4. The Morgan fingerprint density at radius 3 is 2.26 bits per heavy atom. The minimum Gasteiger partial charge on any atom is -0.508 e. The number of phenols is 1. The predicted octanol–water partition coefficient (Wildman–Crippen LogP) is 3.01. The Morgan fingerprint density at radius 2 is 1.57 bits per heavy atom. The molecular weight excluding hydrogens is 448 g/mol. The van der Waals surface area contributed by atoms with E-state index in [0.29, 0.717) is 5.69 Å². The molecule has 6 rings (SSSR count). The van der Waals surface area contributed by atoms with Gasteiger partial charge in [0.2, 0.25) is 11.8 Å². The number of imide groups is 2. The van der Waals surface area contributed by atoms with Crippen molar-refractivity contribution in [3.05, 3.63) is 71.8 Å². The predicted molar refractivity (Wildman–Crippen MR) is 123 cm³/mol. The minimum absolute atomic E-state index is 0.0766. The molecule has 1 saturated carbocycles. The van der Waals surface area contributed by atoms with Crippen molar-refractivity contribution in [2.24, 2.45) is 29.1 Å². The van der Waals surface area contributed by atoms with Gasteiger partial charge >= 0.3 is 0 Å². The number of hydrogen-bond donors (Lipinski definition) is 2. The van der Waals surface area contributed by atoms with E-state index in [1.807, 2.05) is 19.1 Å². The maximum atomic E-state index is 14.1. The molecule has 8 heteroatoms. The van der Waals surface area contributed by atoms with Gasteiger partial charge in [0.15, 0.2) is 0 Å². The van der Waals surface area contributed by atoms with Gasteiger partial charge < -0.3 is 5.11 Å². The summed E-state index contributed by atoms with van der Waals surface area (Å²) in [5.41, 5.74) is 0.955. The van der Waals surface area contributed by atoms with Crippen LogP contribution in [-0.4, -0.2) is 39.0 Å². The van der Waals surface area contributed by atoms with Gasteiger partial charge in [-0.2, -0.15) is 5.06 Å². The number of para-hydroxylation sites is 1. The summed E-state index contributed by atoms with van der Waals surface area (Å²) in [6.07, 6.45) is 2.43. The van der Waals surface area contributed by atoms with Gasteiger partial charge in [-0.1, -0.05) is 42.0 Å². The fourth-order valence-corrected chi connectivity index (χ4v) is 6.87. The van der Waals surface area contributed by atoms with Gasteiger partial charge in [-0.3, -0.25) is 24.4 Å². The standard InChI is InChI=1S/C27H24N2O6/c1-27-20(24(32)28(26(27)34)15-5-3-2-4-6-15)13-19-17(22(27)14-7-9-16(30)10-8-14)11-12-18-21(19)25(33)29(35)23(18)31/h2-11,18-22,30,35H,12-13H2,1H3. The molecule has 8 nitrogen and oxygen atoms in total. The normalized spacial score (nSPS) is 34.0. The number of nitrogens with zero attached hydrogens (tertiary/aromatic N) is 2. The van der Waals surface area contributed by atoms with Gasteiger partial charge in [-0.25, -0.2) is 4.90 Å². The number of amides is 4. The van der Waals surface area contributed by atoms with Crippen molar-refractivity contribution in [2.75, 3.05) is 4.90 Å². The zero-order valence-electron chi connectivity index (χ0n) is 19.0. The third-order valence-electron chi connectivity index (χ3n) is 8.49. The van der Waals surface area contributed by atoms with Gasteiger partial charge in [0, 0.05) is 5.92 Å². The van der Waals surface area contributed by atoms with Crippen LogP contribution in [0.2, 0.25) is 0 Å². The van der Waals surface area contributed by atoms with Crippen molar-refractivity contribution in [1.29, 1.82) is 0 Å². The lowest BCUT2D eigenvalue weighted by atomic mass is 9.51. The number of hydrogen-bond acceptors (Lipinski definition) is 6. The molecule has 0 radical (unpaired) electrons. The maximum Gasteiger partial charge on any atom is 0.257 e. The second kappa shape index (κ2) is 7.36. The highest BCUT2D eigenvalue weighted by Crippen LogP contribution is 2.63. The number of hydroxylamine groups is 2. The molecule has 2 N–H and O–H groups in total. The first-order chi connectivity index (χ1) is 16.7. The molecule has 2 aliphatic heterocycles. The van der Waals surface area contributed by atoms with E-state index < -0.39 is 46.8 Å². The molecule has 3 fully saturated rings. The van der Waals surface area contributed by atoms with Crippen LogP contribution in [0.1, 0.15) is 31.2 Å². The van der Waals surface area contributed by atoms with E-state index in [1.54, 1.807) is 48.5 Å². The molecule has 0 aromatic heterocycles. The molecule has 2 aliphatic carbocycles. The van der Waals surface area contributed by atoms with Gasteiger partial charge in [0.05, 0.1) is 28.9 Å². The molecule has 2 saturated heterocycles. The van der Waals surface area contributed by atoms with Crippen LogP contribution in [0.3, 0.4) is 0 Å². The summed E-state index contributed by atoms with van der Waals surface area (Å²) in [5.74, 6) is -5.00. The number of allylic oxidation sites excluding steroid dienone is 2. The second-order valence-electron chi connectivity index (χ2n) is 10.1. The fourth-order valence-electron chi connectivity index (χ4n) is 6.87. The molecule has 4 aliphatic rings. The first kappa shape index (κ1) is 21.7. The van der Waals surface area contributed by atoms with Crippen molar-refractivity contribution in [3.63, 3.8) is 0 Å². The highest BCUT2D eigenvalue weighted by Gasteiger charge is 2.67. The van der Waals surface area contributed by atoms with Crippen LogP contribution in [0, 0.1) is 29.1 Å². The molecule has 35 heavy (non-hydrogen) atoms. The van der Waals surface area contributed by atoms with Crippen LogP contribution in [0.25, 0.3) is 0 Å². The van der Waals surface area contributed by atoms with E-state index in [1.165, 1.54) is 4.90 Å². The Morgan fingerprint density at radius 1 is 0.886 bits per heavy atom. The van der Waals surface area contributed by atoms with E-state index in [2.05, 4.69) is 0 Å². The summed E-state index contributed by atoms with van der Waals surface area (Å²) in [6, 6.07) is 15.3. The molecule has 0 spiro atoms. The quantitative estimate of drug-likeness (QED) is 0.395. The first-order valence-electron chi connectivity index (χ1n) is 11.7. The monoisotopic (exact) mass is 472 g/mol. The lowest BCUT2D eigenvalue weighted by molar-refractivity contribution is -0.173. The zero-order chi connectivity index (χ0) is 24.6. The lowest BCUT2D eigenvalue weighted by Gasteiger charge is -2.49. The summed E-state index contributed by atoms with van der Waals surface area (Å²) in [6.45, 7) is 1.81. The van der Waals surface area contributed by atoms with E-state index in [9.17, 15) is 29.5 Å². The Hall–Kier alpha value is -3.78. The highest BCUT2D eigenvalue weighted by atomic mass is 16.5. The summed E-state index contributed by atoms with van der Waals surface area (Å²) >= 11 is 0. The summed E-state index contributed by atoms with van der Waals surface area (Å²) < 4.78 is 0. The Kier molecular flexibility index (Phi) is 4.57. The van der Waals surface area contributed by atoms with E-state index >= 15 is 0 Å². The Labute approximate surface area is 201 Å². The van der Waals surface area contributed by atoms with Crippen LogP contribution in [0.15, 0.2) is 66.2 Å². The third-order valence-corrected chi connectivity index (χ3v) is 8.49. The van der Waals surface area contributed by atoms with E-state index in [4.69, 9.17) is 0 Å². The number of rotatable bonds is 2. The van der Waals surface area contributed by atoms with Crippen LogP contribution in [-0.2, 0) is 19.2 Å². The third kappa shape index (κ3) is 2.77. The number of fused-ring (bicyclic) bond motifs is 4. The zero-order valence-corrected chi connectivity index (χ0v) is 19.0. The molecule has 2 aromatic carbocycles. The number of aromatic hydroxyl groups is 1.